The van der Waals surface area contributed by atoms with E-state index in [4.69, 9.17) is 4.74 Å². The van der Waals surface area contributed by atoms with Crippen molar-refractivity contribution in [3.05, 3.63) is 47.5 Å². The van der Waals surface area contributed by atoms with Crippen molar-refractivity contribution < 1.29 is 14.3 Å². The summed E-state index contributed by atoms with van der Waals surface area (Å²) in [5, 5.41) is 0. The first-order valence-electron chi connectivity index (χ1n) is 6.16. The highest BCUT2D eigenvalue weighted by molar-refractivity contribution is 5.97. The average molecular weight is 242 g/mol. The minimum Gasteiger partial charge on any atom is -0.393 e. The number of carbonyl (C=O) groups is 2. The van der Waals surface area contributed by atoms with Gasteiger partial charge in [-0.1, -0.05) is 36.4 Å². The van der Waals surface area contributed by atoms with Crippen LogP contribution < -0.4 is 0 Å². The molecular weight excluding hydrogens is 228 g/mol. The number of ether oxygens (including phenoxy) is 1. The summed E-state index contributed by atoms with van der Waals surface area (Å²) < 4.78 is 4.78. The highest BCUT2D eigenvalue weighted by Crippen LogP contribution is 2.42. The van der Waals surface area contributed by atoms with E-state index in [-0.39, 0.29) is 29.7 Å². The lowest BCUT2D eigenvalue weighted by Crippen LogP contribution is -2.26. The number of hydrogen-bond donors (Lipinski definition) is 0. The van der Waals surface area contributed by atoms with Crippen LogP contribution in [0.25, 0.3) is 0 Å². The van der Waals surface area contributed by atoms with E-state index in [0.717, 1.165) is 11.1 Å². The van der Waals surface area contributed by atoms with E-state index in [1.54, 1.807) is 0 Å². The number of rotatable bonds is 1. The second-order valence-corrected chi connectivity index (χ2v) is 4.92. The van der Waals surface area contributed by atoms with Crippen LogP contribution in [0.3, 0.4) is 0 Å². The van der Waals surface area contributed by atoms with Crippen LogP contribution in [0.4, 0.5) is 0 Å². The number of benzene rings is 1. The number of aryl methyl sites for hydroxylation is 1. The van der Waals surface area contributed by atoms with Gasteiger partial charge in [-0.3, -0.25) is 9.59 Å². The molecule has 2 aliphatic rings. The first-order valence-corrected chi connectivity index (χ1v) is 6.16. The van der Waals surface area contributed by atoms with E-state index in [2.05, 4.69) is 0 Å². The highest BCUT2D eigenvalue weighted by Gasteiger charge is 2.49. The largest absolute Gasteiger partial charge is 0.393 e. The summed E-state index contributed by atoms with van der Waals surface area (Å²) in [4.78, 5) is 23.4. The molecule has 0 spiro atoms. The van der Waals surface area contributed by atoms with E-state index in [9.17, 15) is 9.59 Å². The van der Waals surface area contributed by atoms with Gasteiger partial charge < -0.3 is 4.74 Å². The maximum absolute atomic E-state index is 11.8. The van der Waals surface area contributed by atoms with Crippen LogP contribution in [-0.2, 0) is 14.3 Å². The number of cyclic esters (lactones) is 2. The van der Waals surface area contributed by atoms with E-state index in [1.165, 1.54) is 0 Å². The molecule has 1 aliphatic heterocycles. The molecule has 1 aromatic rings. The lowest BCUT2D eigenvalue weighted by molar-refractivity contribution is -0.153. The molecule has 0 N–H and O–H groups in total. The Kier molecular flexibility index (Phi) is 2.54. The molecular formula is C15H14O3. The number of carbonyl (C=O) groups excluding carboxylic acids is 2. The first-order chi connectivity index (χ1) is 8.68. The van der Waals surface area contributed by atoms with Crippen molar-refractivity contribution in [2.45, 2.75) is 19.3 Å². The maximum Gasteiger partial charge on any atom is 0.318 e. The average Bonchev–Trinajstić information content (AvgIpc) is 2.66. The van der Waals surface area contributed by atoms with E-state index < -0.39 is 0 Å². The Labute approximate surface area is 105 Å². The molecule has 0 amide bonds. The van der Waals surface area contributed by atoms with Crippen molar-refractivity contribution in [1.29, 1.82) is 0 Å². The Balaban J connectivity index is 2.05. The van der Waals surface area contributed by atoms with Crippen molar-refractivity contribution in [3.8, 4) is 0 Å². The topological polar surface area (TPSA) is 43.4 Å². The quantitative estimate of drug-likeness (QED) is 0.431. The van der Waals surface area contributed by atoms with Crippen molar-refractivity contribution in [2.24, 2.45) is 11.8 Å². The Hall–Kier alpha value is -1.90. The van der Waals surface area contributed by atoms with Gasteiger partial charge in [0, 0.05) is 5.92 Å². The van der Waals surface area contributed by atoms with Gasteiger partial charge in [0.1, 0.15) is 0 Å². The fraction of sp³-hybridized carbons (Fsp3) is 0.333. The van der Waals surface area contributed by atoms with Gasteiger partial charge in [-0.05, 0) is 24.5 Å². The van der Waals surface area contributed by atoms with Crippen molar-refractivity contribution in [2.75, 3.05) is 0 Å². The standard InChI is InChI=1S/C15H14O3/c1-9-5-2-3-6-10(9)11-7-4-8-12-13(11)15(17)18-14(12)16/h2-7,11-13H,8H2,1H3/t11-,12+,13+/m0/s1. The van der Waals surface area contributed by atoms with E-state index in [1.807, 2.05) is 43.3 Å². The predicted molar refractivity (Wildman–Crippen MR) is 65.8 cm³/mol. The van der Waals surface area contributed by atoms with Gasteiger partial charge >= 0.3 is 11.9 Å². The molecule has 1 fully saturated rings. The van der Waals surface area contributed by atoms with Gasteiger partial charge in [0.15, 0.2) is 0 Å². The summed E-state index contributed by atoms with van der Waals surface area (Å²) >= 11 is 0. The zero-order valence-corrected chi connectivity index (χ0v) is 10.1. The van der Waals surface area contributed by atoms with Crippen molar-refractivity contribution >= 4 is 11.9 Å². The van der Waals surface area contributed by atoms with Crippen LogP contribution in [0.1, 0.15) is 23.5 Å². The smallest absolute Gasteiger partial charge is 0.318 e. The molecule has 0 radical (unpaired) electrons. The monoisotopic (exact) mass is 242 g/mol. The summed E-state index contributed by atoms with van der Waals surface area (Å²) in [5.41, 5.74) is 2.25. The van der Waals surface area contributed by atoms with Crippen LogP contribution >= 0.6 is 0 Å². The van der Waals surface area contributed by atoms with Crippen molar-refractivity contribution in [3.63, 3.8) is 0 Å². The van der Waals surface area contributed by atoms with E-state index in [0.29, 0.717) is 6.42 Å². The molecule has 3 heteroatoms. The molecule has 3 nitrogen and oxygen atoms in total. The molecule has 18 heavy (non-hydrogen) atoms. The second-order valence-electron chi connectivity index (χ2n) is 4.92. The third-order valence-corrected chi connectivity index (χ3v) is 3.88. The Morgan fingerprint density at radius 2 is 1.94 bits per heavy atom. The molecule has 1 aromatic carbocycles. The molecule has 0 aromatic heterocycles. The lowest BCUT2D eigenvalue weighted by atomic mass is 9.73. The third-order valence-electron chi connectivity index (χ3n) is 3.88. The molecule has 0 saturated carbocycles. The third kappa shape index (κ3) is 1.58. The summed E-state index contributed by atoms with van der Waals surface area (Å²) in [5.74, 6) is -1.42. The number of esters is 2. The number of hydrogen-bond acceptors (Lipinski definition) is 3. The minimum atomic E-state index is -0.373. The van der Waals surface area contributed by atoms with Crippen LogP contribution in [0.5, 0.6) is 0 Å². The summed E-state index contributed by atoms with van der Waals surface area (Å²) in [6.45, 7) is 2.02. The van der Waals surface area contributed by atoms with Crippen LogP contribution in [0.15, 0.2) is 36.4 Å². The van der Waals surface area contributed by atoms with Crippen LogP contribution in [0, 0.1) is 18.8 Å². The van der Waals surface area contributed by atoms with Gasteiger partial charge in [-0.25, -0.2) is 0 Å². The van der Waals surface area contributed by atoms with Crippen LogP contribution in [0.2, 0.25) is 0 Å². The molecule has 1 heterocycles. The normalized spacial score (nSPS) is 30.2. The Morgan fingerprint density at radius 3 is 2.72 bits per heavy atom. The number of allylic oxidation sites excluding steroid dienone is 2. The zero-order valence-electron chi connectivity index (χ0n) is 10.1. The Bertz CT molecular complexity index is 544. The second kappa shape index (κ2) is 4.09. The van der Waals surface area contributed by atoms with Gasteiger partial charge in [-0.2, -0.15) is 0 Å². The summed E-state index contributed by atoms with van der Waals surface area (Å²) in [6, 6.07) is 7.97. The fourth-order valence-electron chi connectivity index (χ4n) is 2.94. The molecule has 1 aliphatic carbocycles. The van der Waals surface area contributed by atoms with Gasteiger partial charge in [-0.15, -0.1) is 0 Å². The predicted octanol–water partition coefficient (Wildman–Crippen LogP) is 2.35. The van der Waals surface area contributed by atoms with Crippen LogP contribution in [-0.4, -0.2) is 11.9 Å². The fourth-order valence-corrected chi connectivity index (χ4v) is 2.94. The first kappa shape index (κ1) is 11.2. The van der Waals surface area contributed by atoms with Gasteiger partial charge in [0.2, 0.25) is 0 Å². The SMILES string of the molecule is Cc1ccccc1[C@@H]1C=CC[C@H]2C(=O)OC(=O)[C@@H]21. The van der Waals surface area contributed by atoms with Gasteiger partial charge in [0.05, 0.1) is 11.8 Å². The molecule has 0 bridgehead atoms. The van der Waals surface area contributed by atoms with Crippen molar-refractivity contribution in [1.82, 2.24) is 0 Å². The molecule has 1 saturated heterocycles. The van der Waals surface area contributed by atoms with Gasteiger partial charge in [0.25, 0.3) is 0 Å². The zero-order chi connectivity index (χ0) is 12.7. The number of fused-ring (bicyclic) bond motifs is 1. The van der Waals surface area contributed by atoms with E-state index >= 15 is 0 Å². The molecule has 92 valence electrons. The summed E-state index contributed by atoms with van der Waals surface area (Å²) in [6.07, 6.45) is 4.62. The molecule has 3 atom stereocenters. The minimum absolute atomic E-state index is 0.0381. The highest BCUT2D eigenvalue weighted by atomic mass is 16.6. The lowest BCUT2D eigenvalue weighted by Gasteiger charge is -2.26. The molecule has 0 unspecified atom stereocenters. The summed E-state index contributed by atoms with van der Waals surface area (Å²) in [7, 11) is 0. The Morgan fingerprint density at radius 1 is 1.17 bits per heavy atom. The molecule has 3 rings (SSSR count). The maximum atomic E-state index is 11.8.